The Balaban J connectivity index is 0. The lowest BCUT2D eigenvalue weighted by atomic mass is 10.4. The van der Waals surface area contributed by atoms with E-state index in [4.69, 9.17) is 11.6 Å². The maximum Gasteiger partial charge on any atom is 1.44 e. The minimum absolute atomic E-state index is 0. The Morgan fingerprint density at radius 2 is 1.40 bits per heavy atom. The van der Waals surface area contributed by atoms with Crippen LogP contribution in [0.3, 0.4) is 0 Å². The monoisotopic (exact) mass is 209 g/mol. The molecule has 0 saturated carbocycles. The van der Waals surface area contributed by atoms with Crippen molar-refractivity contribution in [2.45, 2.75) is 0 Å². The van der Waals surface area contributed by atoms with Gasteiger partial charge in [-0.25, -0.2) is 0 Å². The Hall–Kier alpha value is 0.307. The third-order valence-corrected chi connectivity index (χ3v) is 1.43. The van der Waals surface area contributed by atoms with E-state index in [2.05, 4.69) is 10.2 Å². The van der Waals surface area contributed by atoms with Crippen LogP contribution in [0.4, 0.5) is 0 Å². The molecule has 1 radical (unpaired) electrons. The van der Waals surface area contributed by atoms with Crippen LogP contribution in [0.5, 0.6) is 0 Å². The van der Waals surface area contributed by atoms with Crippen molar-refractivity contribution in [1.29, 1.82) is 0 Å². The molecule has 4 heteroatoms. The highest BCUT2D eigenvalue weighted by molar-refractivity contribution is 6.34. The van der Waals surface area contributed by atoms with Gasteiger partial charge in [0, 0.05) is 17.2 Å². The summed E-state index contributed by atoms with van der Waals surface area (Å²) in [7, 11) is 3.33. The average molecular weight is 211 g/mol. The molecule has 0 aromatic heterocycles. The Kier molecular flexibility index (Phi) is 7.82. The van der Waals surface area contributed by atoms with Crippen molar-refractivity contribution in [1.82, 2.24) is 0 Å². The van der Waals surface area contributed by atoms with Gasteiger partial charge in [-0.15, -0.1) is 0 Å². The van der Waals surface area contributed by atoms with Crippen LogP contribution in [-0.4, -0.2) is 10.2 Å². The summed E-state index contributed by atoms with van der Waals surface area (Å²) in [6, 6.07) is 7.48. The lowest BCUT2D eigenvalue weighted by Crippen LogP contribution is -3.00. The number of rotatable bonds is 0. The normalized spacial score (nSPS) is 7.20. The minimum Gasteiger partial charge on any atom is -1.00 e. The van der Waals surface area contributed by atoms with Crippen molar-refractivity contribution >= 4 is 27.0 Å². The molecule has 0 aliphatic rings. The van der Waals surface area contributed by atoms with Crippen LogP contribution < -0.4 is 30.0 Å². The summed E-state index contributed by atoms with van der Waals surface area (Å²) in [4.78, 5) is 0. The molecule has 0 amide bonds. The first-order chi connectivity index (χ1) is 3.79. The van der Waals surface area contributed by atoms with Crippen molar-refractivity contribution in [3.05, 3.63) is 29.3 Å². The van der Waals surface area contributed by atoms with Crippen molar-refractivity contribution < 1.29 is 24.8 Å². The highest BCUT2D eigenvalue weighted by Crippen LogP contribution is 2.02. The second kappa shape index (κ2) is 6.05. The van der Waals surface area contributed by atoms with Crippen molar-refractivity contribution in [2.75, 3.05) is 0 Å². The second-order valence-corrected chi connectivity index (χ2v) is 2.52. The molecule has 53 valence electrons. The summed E-state index contributed by atoms with van der Waals surface area (Å²) in [5.41, 5.74) is 0. The standard InChI is InChI=1S/C6H4ClSi.2ClH/c7-5-1-3-6(8)4-2-5;;/h1-4H;2*1H/q+2;;/p-2. The van der Waals surface area contributed by atoms with E-state index >= 15 is 0 Å². The molecule has 0 nitrogen and oxygen atoms in total. The predicted molar refractivity (Wildman–Crippen MR) is 36.8 cm³/mol. The van der Waals surface area contributed by atoms with E-state index in [1.807, 2.05) is 24.3 Å². The maximum absolute atomic E-state index is 5.59. The van der Waals surface area contributed by atoms with Gasteiger partial charge in [0.2, 0.25) is 0 Å². The molecule has 0 N–H and O–H groups in total. The molecule has 0 atom stereocenters. The zero-order chi connectivity index (χ0) is 5.98. The lowest BCUT2D eigenvalue weighted by molar-refractivity contribution is -0.00100. The lowest BCUT2D eigenvalue weighted by Gasteiger charge is -1.77. The van der Waals surface area contributed by atoms with Crippen LogP contribution in [0.15, 0.2) is 24.3 Å². The first-order valence-corrected chi connectivity index (χ1v) is 3.14. The summed E-state index contributed by atoms with van der Waals surface area (Å²) >= 11 is 5.59. The molecular formula is C6H4Cl3Si. The Morgan fingerprint density at radius 1 is 1.00 bits per heavy atom. The Morgan fingerprint density at radius 3 is 1.70 bits per heavy atom. The number of halogens is 3. The molecule has 0 fully saturated rings. The smallest absolute Gasteiger partial charge is 1.00 e. The average Bonchev–Trinajstić information content (AvgIpc) is 1.77. The van der Waals surface area contributed by atoms with Crippen molar-refractivity contribution in [3.63, 3.8) is 0 Å². The summed E-state index contributed by atoms with van der Waals surface area (Å²) < 4.78 is 0. The molecule has 0 heterocycles. The van der Waals surface area contributed by atoms with Crippen LogP contribution in [0.1, 0.15) is 0 Å². The van der Waals surface area contributed by atoms with Gasteiger partial charge >= 0.3 is 15.4 Å². The topological polar surface area (TPSA) is 0 Å². The van der Waals surface area contributed by atoms with E-state index in [1.54, 1.807) is 0 Å². The number of benzene rings is 1. The van der Waals surface area contributed by atoms with E-state index < -0.39 is 0 Å². The molecule has 10 heavy (non-hydrogen) atoms. The third-order valence-electron chi connectivity index (χ3n) is 0.844. The SMILES string of the molecule is [Cl-].[Cl-].[Si+2]c1ccc(Cl)cc1. The highest BCUT2D eigenvalue weighted by Gasteiger charge is 2.28. The fourth-order valence-electron chi connectivity index (χ4n) is 0.450. The van der Waals surface area contributed by atoms with E-state index in [-0.39, 0.29) is 24.8 Å². The predicted octanol–water partition coefficient (Wildman–Crippen LogP) is -4.86. The van der Waals surface area contributed by atoms with Gasteiger partial charge in [-0.3, -0.25) is 0 Å². The molecule has 1 aromatic rings. The van der Waals surface area contributed by atoms with Gasteiger partial charge < -0.3 is 24.8 Å². The Bertz CT molecular complexity index is 152. The second-order valence-electron chi connectivity index (χ2n) is 1.51. The van der Waals surface area contributed by atoms with Gasteiger partial charge in [-0.1, -0.05) is 11.6 Å². The zero-order valence-corrected chi connectivity index (χ0v) is 8.21. The van der Waals surface area contributed by atoms with Crippen LogP contribution >= 0.6 is 11.6 Å². The summed E-state index contributed by atoms with van der Waals surface area (Å²) in [6.07, 6.45) is 0. The molecule has 0 aliphatic heterocycles. The van der Waals surface area contributed by atoms with Crippen LogP contribution in [0.25, 0.3) is 0 Å². The molecule has 0 unspecified atom stereocenters. The molecular weight excluding hydrogens is 207 g/mol. The van der Waals surface area contributed by atoms with Gasteiger partial charge in [-0.2, -0.15) is 0 Å². The summed E-state index contributed by atoms with van der Waals surface area (Å²) in [5.74, 6) is 0. The largest absolute Gasteiger partial charge is 1.44 e. The van der Waals surface area contributed by atoms with Gasteiger partial charge in [0.05, 0.1) is 0 Å². The molecule has 0 bridgehead atoms. The van der Waals surface area contributed by atoms with Crippen molar-refractivity contribution in [2.24, 2.45) is 0 Å². The minimum atomic E-state index is 0. The van der Waals surface area contributed by atoms with Gasteiger partial charge in [0.25, 0.3) is 0 Å². The summed E-state index contributed by atoms with van der Waals surface area (Å²) in [6.45, 7) is 0. The highest BCUT2D eigenvalue weighted by atomic mass is 35.5. The molecule has 1 rings (SSSR count). The maximum atomic E-state index is 5.59. The van der Waals surface area contributed by atoms with E-state index in [1.165, 1.54) is 0 Å². The molecule has 1 aromatic carbocycles. The van der Waals surface area contributed by atoms with E-state index in [9.17, 15) is 0 Å². The Labute approximate surface area is 81.2 Å². The molecule has 0 aliphatic carbocycles. The van der Waals surface area contributed by atoms with Crippen LogP contribution in [0.2, 0.25) is 5.02 Å². The molecule has 0 spiro atoms. The van der Waals surface area contributed by atoms with Gasteiger partial charge in [0.1, 0.15) is 0 Å². The first-order valence-electron chi connectivity index (χ1n) is 2.26. The van der Waals surface area contributed by atoms with E-state index in [0.717, 1.165) is 10.2 Å². The van der Waals surface area contributed by atoms with Gasteiger partial charge in [-0.05, 0) is 12.1 Å². The van der Waals surface area contributed by atoms with Crippen LogP contribution in [-0.2, 0) is 0 Å². The first kappa shape index (κ1) is 12.9. The zero-order valence-electron chi connectivity index (χ0n) is 4.94. The molecule has 0 saturated heterocycles. The van der Waals surface area contributed by atoms with Crippen molar-refractivity contribution in [3.8, 4) is 0 Å². The quantitative estimate of drug-likeness (QED) is 0.377. The third kappa shape index (κ3) is 4.17. The number of hydrogen-bond donors (Lipinski definition) is 0. The van der Waals surface area contributed by atoms with Gasteiger partial charge in [0.15, 0.2) is 0 Å². The van der Waals surface area contributed by atoms with E-state index in [0.29, 0.717) is 0 Å². The number of hydrogen-bond acceptors (Lipinski definition) is 0. The fourth-order valence-corrected chi connectivity index (χ4v) is 0.743. The fraction of sp³-hybridized carbons (Fsp3) is 0. The summed E-state index contributed by atoms with van der Waals surface area (Å²) in [5, 5.41) is 1.82. The van der Waals surface area contributed by atoms with Crippen LogP contribution in [0, 0.1) is 0 Å².